The number of hydrogen-bond donors (Lipinski definition) is 2. The van der Waals surface area contributed by atoms with Gasteiger partial charge in [0.2, 0.25) is 11.8 Å². The van der Waals surface area contributed by atoms with Gasteiger partial charge in [0.15, 0.2) is 0 Å². The van der Waals surface area contributed by atoms with Gasteiger partial charge in [0.1, 0.15) is 11.5 Å². The number of benzene rings is 2. The normalized spacial score (nSPS) is 11.4. The first-order chi connectivity index (χ1) is 18.5. The summed E-state index contributed by atoms with van der Waals surface area (Å²) in [6.07, 6.45) is 10.2. The fraction of sp³-hybridized carbons (Fsp3) is 0.312. The van der Waals surface area contributed by atoms with E-state index in [9.17, 15) is 9.59 Å². The molecule has 202 valence electrons. The maximum Gasteiger partial charge on any atom is 0.243 e. The third-order valence-corrected chi connectivity index (χ3v) is 5.85. The highest BCUT2D eigenvalue weighted by atomic mass is 16.5. The highest BCUT2D eigenvalue weighted by Gasteiger charge is 2.10. The van der Waals surface area contributed by atoms with Crippen molar-refractivity contribution in [1.29, 1.82) is 0 Å². The Balaban J connectivity index is 1.86. The fourth-order valence-corrected chi connectivity index (χ4v) is 3.82. The van der Waals surface area contributed by atoms with Crippen LogP contribution in [-0.2, 0) is 9.59 Å². The molecule has 0 aliphatic carbocycles. The highest BCUT2D eigenvalue weighted by molar-refractivity contribution is 6.04. The van der Waals surface area contributed by atoms with Gasteiger partial charge >= 0.3 is 0 Å². The topological polar surface area (TPSA) is 76.7 Å². The molecule has 0 radical (unpaired) electrons. The molecule has 6 heteroatoms. The second-order valence-corrected chi connectivity index (χ2v) is 8.55. The summed E-state index contributed by atoms with van der Waals surface area (Å²) in [7, 11) is 0. The molecule has 0 bridgehead atoms. The molecule has 0 spiro atoms. The van der Waals surface area contributed by atoms with Gasteiger partial charge in [-0.05, 0) is 98.2 Å². The first kappa shape index (κ1) is 30.2. The van der Waals surface area contributed by atoms with Gasteiger partial charge in [0, 0.05) is 13.1 Å². The molecule has 0 aliphatic rings. The van der Waals surface area contributed by atoms with Crippen LogP contribution in [0.2, 0.25) is 0 Å². The van der Waals surface area contributed by atoms with Crippen LogP contribution in [0.4, 0.5) is 0 Å². The lowest BCUT2D eigenvalue weighted by atomic mass is 9.92. The lowest BCUT2D eigenvalue weighted by Gasteiger charge is -2.15. The summed E-state index contributed by atoms with van der Waals surface area (Å²) in [6.45, 7) is 13.4. The number of hydrogen-bond acceptors (Lipinski definition) is 4. The maximum absolute atomic E-state index is 11.2. The molecule has 0 aliphatic heterocycles. The van der Waals surface area contributed by atoms with Gasteiger partial charge in [0.25, 0.3) is 0 Å². The predicted molar refractivity (Wildman–Crippen MR) is 156 cm³/mol. The molecule has 2 aromatic carbocycles. The van der Waals surface area contributed by atoms with Crippen LogP contribution in [-0.4, -0.2) is 38.1 Å². The van der Waals surface area contributed by atoms with Crippen molar-refractivity contribution in [1.82, 2.24) is 10.6 Å². The summed E-state index contributed by atoms with van der Waals surface area (Å²) >= 11 is 0. The molecular weight excluding hydrogens is 476 g/mol. The fourth-order valence-electron chi connectivity index (χ4n) is 3.82. The summed E-state index contributed by atoms with van der Waals surface area (Å²) in [5.74, 6) is 1.35. The number of ether oxygens (including phenoxy) is 2. The maximum atomic E-state index is 11.2. The van der Waals surface area contributed by atoms with Crippen LogP contribution in [0.1, 0.15) is 50.7 Å². The van der Waals surface area contributed by atoms with Gasteiger partial charge in [-0.2, -0.15) is 0 Å². The number of unbranched alkanes of at least 4 members (excludes halogenated alkanes) is 2. The van der Waals surface area contributed by atoms with E-state index in [1.165, 1.54) is 12.2 Å². The molecule has 38 heavy (non-hydrogen) atoms. The van der Waals surface area contributed by atoms with E-state index >= 15 is 0 Å². The van der Waals surface area contributed by atoms with Crippen LogP contribution in [0.3, 0.4) is 0 Å². The summed E-state index contributed by atoms with van der Waals surface area (Å²) < 4.78 is 11.7. The van der Waals surface area contributed by atoms with Crippen LogP contribution in [0, 0.1) is 0 Å². The minimum atomic E-state index is -0.148. The van der Waals surface area contributed by atoms with E-state index in [4.69, 9.17) is 9.47 Å². The molecule has 0 heterocycles. The Bertz CT molecular complexity index is 1010. The molecule has 0 aromatic heterocycles. The minimum Gasteiger partial charge on any atom is -0.494 e. The van der Waals surface area contributed by atoms with E-state index in [0.29, 0.717) is 26.3 Å². The third-order valence-electron chi connectivity index (χ3n) is 5.85. The minimum absolute atomic E-state index is 0.148. The van der Waals surface area contributed by atoms with Crippen LogP contribution in [0.25, 0.3) is 11.1 Å². The number of nitrogens with one attached hydrogen (secondary N) is 2. The molecule has 0 fully saturated rings. The molecule has 2 amide bonds. The van der Waals surface area contributed by atoms with Gasteiger partial charge in [-0.3, -0.25) is 9.59 Å². The zero-order chi connectivity index (χ0) is 27.6. The van der Waals surface area contributed by atoms with Gasteiger partial charge in [-0.15, -0.1) is 0 Å². The summed E-state index contributed by atoms with van der Waals surface area (Å²) in [6, 6.07) is 16.3. The highest BCUT2D eigenvalue weighted by Crippen LogP contribution is 2.33. The lowest BCUT2D eigenvalue weighted by molar-refractivity contribution is -0.117. The van der Waals surface area contributed by atoms with Crippen molar-refractivity contribution >= 4 is 23.0 Å². The van der Waals surface area contributed by atoms with E-state index in [1.807, 2.05) is 38.1 Å². The first-order valence-corrected chi connectivity index (χ1v) is 13.1. The summed E-state index contributed by atoms with van der Waals surface area (Å²) in [5.41, 5.74) is 4.52. The Morgan fingerprint density at radius 1 is 0.658 bits per heavy atom. The number of allylic oxidation sites excluding steroid dienone is 4. The quantitative estimate of drug-likeness (QED) is 0.151. The Labute approximate surface area is 227 Å². The SMILES string of the molecule is C=CC(=O)NCCCCOc1ccc(C(=CC)C(=CC)c2ccc(OCCCCNC(=O)C=C)cc2)cc1. The average Bonchev–Trinajstić information content (AvgIpc) is 2.95. The van der Waals surface area contributed by atoms with Crippen molar-refractivity contribution in [2.75, 3.05) is 26.3 Å². The zero-order valence-electron chi connectivity index (χ0n) is 22.6. The molecule has 0 unspecified atom stereocenters. The molecule has 2 N–H and O–H groups in total. The van der Waals surface area contributed by atoms with Crippen molar-refractivity contribution in [3.8, 4) is 11.5 Å². The average molecular weight is 517 g/mol. The Morgan fingerprint density at radius 2 is 1.03 bits per heavy atom. The van der Waals surface area contributed by atoms with Crippen LogP contribution < -0.4 is 20.1 Å². The van der Waals surface area contributed by atoms with Crippen molar-refractivity contribution < 1.29 is 19.1 Å². The van der Waals surface area contributed by atoms with E-state index in [1.54, 1.807) is 0 Å². The number of carbonyl (C=O) groups excluding carboxylic acids is 2. The zero-order valence-corrected chi connectivity index (χ0v) is 22.6. The Hall–Kier alpha value is -4.06. The summed E-state index contributed by atoms with van der Waals surface area (Å²) in [5, 5.41) is 5.53. The standard InChI is InChI=1S/C32H40N2O4/c1-5-29(25-13-17-27(18-14-25)37-23-11-9-21-33-31(35)7-3)30(6-2)26-15-19-28(20-16-26)38-24-12-10-22-34-32(36)8-4/h5-8,13-20H,3-4,9-12,21-24H2,1-2H3,(H,33,35)(H,34,36). The van der Waals surface area contributed by atoms with E-state index in [0.717, 1.165) is 59.5 Å². The Kier molecular flexibility index (Phi) is 13.8. The van der Waals surface area contributed by atoms with E-state index in [2.05, 4.69) is 60.2 Å². The van der Waals surface area contributed by atoms with Crippen molar-refractivity contribution in [2.45, 2.75) is 39.5 Å². The molecule has 2 aromatic rings. The monoisotopic (exact) mass is 516 g/mol. The van der Waals surface area contributed by atoms with Crippen LogP contribution in [0.15, 0.2) is 86.0 Å². The van der Waals surface area contributed by atoms with Crippen LogP contribution >= 0.6 is 0 Å². The number of carbonyl (C=O) groups is 2. The number of rotatable bonds is 17. The smallest absolute Gasteiger partial charge is 0.243 e. The number of amides is 2. The molecule has 0 saturated carbocycles. The van der Waals surface area contributed by atoms with Crippen molar-refractivity contribution in [3.63, 3.8) is 0 Å². The van der Waals surface area contributed by atoms with Crippen molar-refractivity contribution in [2.24, 2.45) is 0 Å². The first-order valence-electron chi connectivity index (χ1n) is 13.1. The van der Waals surface area contributed by atoms with E-state index < -0.39 is 0 Å². The second-order valence-electron chi connectivity index (χ2n) is 8.55. The van der Waals surface area contributed by atoms with Gasteiger partial charge in [-0.1, -0.05) is 49.6 Å². The molecule has 0 atom stereocenters. The van der Waals surface area contributed by atoms with Gasteiger partial charge in [0.05, 0.1) is 13.2 Å². The largest absolute Gasteiger partial charge is 0.494 e. The van der Waals surface area contributed by atoms with Gasteiger partial charge in [-0.25, -0.2) is 0 Å². The third kappa shape index (κ3) is 10.5. The summed E-state index contributed by atoms with van der Waals surface area (Å²) in [4.78, 5) is 22.3. The predicted octanol–water partition coefficient (Wildman–Crippen LogP) is 6.12. The molecule has 0 saturated heterocycles. The van der Waals surface area contributed by atoms with E-state index in [-0.39, 0.29) is 11.8 Å². The van der Waals surface area contributed by atoms with Crippen molar-refractivity contribution in [3.05, 3.63) is 97.1 Å². The van der Waals surface area contributed by atoms with Gasteiger partial charge < -0.3 is 20.1 Å². The molecular formula is C32H40N2O4. The van der Waals surface area contributed by atoms with Crippen LogP contribution in [0.5, 0.6) is 11.5 Å². The second kappa shape index (κ2) is 17.4. The molecule has 6 nitrogen and oxygen atoms in total. The molecule has 2 rings (SSSR count). The lowest BCUT2D eigenvalue weighted by Crippen LogP contribution is -2.22. The Morgan fingerprint density at radius 3 is 1.34 bits per heavy atom.